The number of sulfonamides is 1. The summed E-state index contributed by atoms with van der Waals surface area (Å²) in [4.78, 5) is 21.2. The van der Waals surface area contributed by atoms with Crippen molar-refractivity contribution in [3.8, 4) is 0 Å². The summed E-state index contributed by atoms with van der Waals surface area (Å²) in [6.07, 6.45) is -4.63. The Morgan fingerprint density at radius 1 is 1.18 bits per heavy atom. The summed E-state index contributed by atoms with van der Waals surface area (Å²) in [6.45, 7) is -0.840. The third-order valence-corrected chi connectivity index (χ3v) is 5.37. The normalized spacial score (nSPS) is 11.7. The third kappa shape index (κ3) is 4.57. The zero-order valence-electron chi connectivity index (χ0n) is 14.2. The van der Waals surface area contributed by atoms with Gasteiger partial charge in [0.2, 0.25) is 0 Å². The van der Waals surface area contributed by atoms with Crippen LogP contribution in [-0.2, 0) is 25.7 Å². The van der Waals surface area contributed by atoms with Gasteiger partial charge in [0, 0.05) is 12.1 Å². The number of hydrogen-bond donors (Lipinski definition) is 0. The van der Waals surface area contributed by atoms with E-state index in [-0.39, 0.29) is 5.69 Å². The number of non-ortho nitro benzene ring substituents is 1. The first kappa shape index (κ1) is 21.2. The minimum absolute atomic E-state index is 0.245. The van der Waals surface area contributed by atoms with Crippen molar-refractivity contribution in [2.75, 3.05) is 18.0 Å². The highest BCUT2D eigenvalue weighted by Gasteiger charge is 2.32. The molecule has 0 spiro atoms. The Morgan fingerprint density at radius 2 is 1.79 bits per heavy atom. The van der Waals surface area contributed by atoms with Crippen LogP contribution in [-0.4, -0.2) is 33.0 Å². The zero-order chi connectivity index (χ0) is 21.1. The van der Waals surface area contributed by atoms with Crippen LogP contribution < -0.4 is 4.31 Å². The second kappa shape index (κ2) is 7.84. The average molecular weight is 418 g/mol. The topological polar surface area (TPSA) is 107 Å². The van der Waals surface area contributed by atoms with E-state index in [1.54, 1.807) is 0 Å². The van der Waals surface area contributed by atoms with Gasteiger partial charge in [0.1, 0.15) is 6.54 Å². The van der Waals surface area contributed by atoms with Crippen molar-refractivity contribution in [1.82, 2.24) is 0 Å². The summed E-state index contributed by atoms with van der Waals surface area (Å²) in [7, 11) is -3.51. The van der Waals surface area contributed by atoms with Crippen molar-refractivity contribution < 1.29 is 36.0 Å². The molecule has 2 rings (SSSR count). The molecular weight excluding hydrogens is 405 g/mol. The number of ether oxygens (including phenoxy) is 1. The minimum Gasteiger partial charge on any atom is -0.468 e. The molecule has 0 aliphatic carbocycles. The quantitative estimate of drug-likeness (QED) is 0.406. The van der Waals surface area contributed by atoms with Gasteiger partial charge in [-0.25, -0.2) is 8.42 Å². The van der Waals surface area contributed by atoms with Gasteiger partial charge in [-0.3, -0.25) is 19.2 Å². The summed E-state index contributed by atoms with van der Waals surface area (Å²) in [5, 5.41) is 10.9. The zero-order valence-corrected chi connectivity index (χ0v) is 15.0. The molecule has 0 saturated heterocycles. The van der Waals surface area contributed by atoms with E-state index in [1.165, 1.54) is 0 Å². The standard InChI is InChI=1S/C16H13F3N2O6S/c1-27-15(22)10-20(12-7-5-11(6-8-12)16(17,18)19)28(25,26)14-4-2-3-13(9-14)21(23)24/h2-9H,10H2,1H3. The fourth-order valence-corrected chi connectivity index (χ4v) is 3.65. The SMILES string of the molecule is COC(=O)CN(c1ccc(C(F)(F)F)cc1)S(=O)(=O)c1cccc([N+](=O)[O-])c1. The molecule has 0 N–H and O–H groups in total. The van der Waals surface area contributed by atoms with Gasteiger partial charge in [-0.15, -0.1) is 0 Å². The number of rotatable bonds is 6. The molecule has 0 bridgehead atoms. The largest absolute Gasteiger partial charge is 0.468 e. The number of carbonyl (C=O) groups is 1. The van der Waals surface area contributed by atoms with Crippen molar-refractivity contribution in [2.45, 2.75) is 11.1 Å². The van der Waals surface area contributed by atoms with Gasteiger partial charge < -0.3 is 4.74 Å². The van der Waals surface area contributed by atoms with Crippen LogP contribution in [0.5, 0.6) is 0 Å². The van der Waals surface area contributed by atoms with Crippen LogP contribution in [0.4, 0.5) is 24.5 Å². The molecule has 0 aliphatic heterocycles. The molecule has 0 unspecified atom stereocenters. The molecule has 2 aromatic carbocycles. The van der Waals surface area contributed by atoms with Crippen molar-refractivity contribution in [2.24, 2.45) is 0 Å². The van der Waals surface area contributed by atoms with Gasteiger partial charge in [-0.05, 0) is 30.3 Å². The molecule has 0 aliphatic rings. The van der Waals surface area contributed by atoms with Crippen LogP contribution in [0.3, 0.4) is 0 Å². The number of benzene rings is 2. The van der Waals surface area contributed by atoms with Crippen LogP contribution in [0.15, 0.2) is 53.4 Å². The molecule has 0 atom stereocenters. The fourth-order valence-electron chi connectivity index (χ4n) is 2.20. The number of esters is 1. The van der Waals surface area contributed by atoms with E-state index in [9.17, 15) is 36.5 Å². The summed E-state index contributed by atoms with van der Waals surface area (Å²) < 4.78 is 69.0. The number of nitro groups is 1. The van der Waals surface area contributed by atoms with Gasteiger partial charge in [0.05, 0.1) is 28.2 Å². The Morgan fingerprint density at radius 3 is 2.29 bits per heavy atom. The van der Waals surface area contributed by atoms with Crippen LogP contribution in [0.2, 0.25) is 0 Å². The lowest BCUT2D eigenvalue weighted by atomic mass is 10.2. The second-order valence-electron chi connectivity index (χ2n) is 5.39. The molecule has 8 nitrogen and oxygen atoms in total. The number of carbonyl (C=O) groups excluding carboxylic acids is 1. The van der Waals surface area contributed by atoms with E-state index in [0.29, 0.717) is 16.4 Å². The predicted molar refractivity (Wildman–Crippen MR) is 91.1 cm³/mol. The third-order valence-electron chi connectivity index (χ3n) is 3.60. The highest BCUT2D eigenvalue weighted by atomic mass is 32.2. The number of hydrogen-bond acceptors (Lipinski definition) is 6. The Kier molecular flexibility index (Phi) is 5.92. The molecule has 12 heteroatoms. The molecule has 0 heterocycles. The van der Waals surface area contributed by atoms with Crippen LogP contribution in [0.25, 0.3) is 0 Å². The Bertz CT molecular complexity index is 990. The number of alkyl halides is 3. The number of anilines is 1. The molecule has 150 valence electrons. The molecule has 0 amide bonds. The van der Waals surface area contributed by atoms with Gasteiger partial charge in [0.25, 0.3) is 15.7 Å². The minimum atomic E-state index is -4.63. The molecule has 2 aromatic rings. The van der Waals surface area contributed by atoms with Crippen molar-refractivity contribution in [1.29, 1.82) is 0 Å². The summed E-state index contributed by atoms with van der Waals surface area (Å²) >= 11 is 0. The van der Waals surface area contributed by atoms with E-state index < -0.39 is 49.8 Å². The fraction of sp³-hybridized carbons (Fsp3) is 0.188. The molecule has 0 radical (unpaired) electrons. The van der Waals surface area contributed by atoms with Crippen molar-refractivity contribution >= 4 is 27.4 Å². The van der Waals surface area contributed by atoms with Crippen LogP contribution in [0, 0.1) is 10.1 Å². The van der Waals surface area contributed by atoms with E-state index in [4.69, 9.17) is 0 Å². The lowest BCUT2D eigenvalue weighted by Gasteiger charge is -2.23. The van der Waals surface area contributed by atoms with Gasteiger partial charge in [0.15, 0.2) is 0 Å². The van der Waals surface area contributed by atoms with Crippen LogP contribution in [0.1, 0.15) is 5.56 Å². The van der Waals surface area contributed by atoms with Crippen molar-refractivity contribution in [3.63, 3.8) is 0 Å². The Labute approximate surface area is 157 Å². The lowest BCUT2D eigenvalue weighted by Crippen LogP contribution is -2.36. The molecule has 28 heavy (non-hydrogen) atoms. The van der Waals surface area contributed by atoms with E-state index in [1.807, 2.05) is 0 Å². The van der Waals surface area contributed by atoms with E-state index in [2.05, 4.69) is 4.74 Å². The molecule has 0 fully saturated rings. The smallest absolute Gasteiger partial charge is 0.416 e. The lowest BCUT2D eigenvalue weighted by molar-refractivity contribution is -0.385. The number of nitrogens with zero attached hydrogens (tertiary/aromatic N) is 2. The predicted octanol–water partition coefficient (Wildman–Crippen LogP) is 2.98. The first-order chi connectivity index (χ1) is 13.0. The monoisotopic (exact) mass is 418 g/mol. The number of methoxy groups -OCH3 is 1. The van der Waals surface area contributed by atoms with E-state index >= 15 is 0 Å². The average Bonchev–Trinajstić information content (AvgIpc) is 2.65. The van der Waals surface area contributed by atoms with Gasteiger partial charge >= 0.3 is 12.1 Å². The summed E-state index contributed by atoms with van der Waals surface area (Å²) in [5.74, 6) is -0.978. The molecular formula is C16H13F3N2O6S. The van der Waals surface area contributed by atoms with Gasteiger partial charge in [-0.1, -0.05) is 6.07 Å². The maximum atomic E-state index is 12.9. The van der Waals surface area contributed by atoms with Crippen molar-refractivity contribution in [3.05, 3.63) is 64.2 Å². The maximum absolute atomic E-state index is 12.9. The number of halogens is 3. The first-order valence-corrected chi connectivity index (χ1v) is 8.92. The molecule has 0 aromatic heterocycles. The second-order valence-corrected chi connectivity index (χ2v) is 7.25. The summed E-state index contributed by atoms with van der Waals surface area (Å²) in [5.41, 5.74) is -1.77. The Hall–Kier alpha value is -3.15. The van der Waals surface area contributed by atoms with Crippen LogP contribution >= 0.6 is 0 Å². The first-order valence-electron chi connectivity index (χ1n) is 7.48. The van der Waals surface area contributed by atoms with Gasteiger partial charge in [-0.2, -0.15) is 13.2 Å². The number of nitro benzene ring substituents is 1. The maximum Gasteiger partial charge on any atom is 0.416 e. The summed E-state index contributed by atoms with van der Waals surface area (Å²) in [6, 6.07) is 7.11. The highest BCUT2D eigenvalue weighted by Crippen LogP contribution is 2.32. The van der Waals surface area contributed by atoms with E-state index in [0.717, 1.165) is 43.5 Å². The highest BCUT2D eigenvalue weighted by molar-refractivity contribution is 7.92. The Balaban J connectivity index is 2.55. The molecule has 0 saturated carbocycles.